The molecule has 1 atom stereocenters. The van der Waals surface area contributed by atoms with Gasteiger partial charge in [-0.25, -0.2) is 0 Å². The molecule has 1 aliphatic heterocycles. The van der Waals surface area contributed by atoms with Crippen LogP contribution in [-0.4, -0.2) is 25.7 Å². The third-order valence-electron chi connectivity index (χ3n) is 1.36. The molecule has 0 aliphatic carbocycles. The van der Waals surface area contributed by atoms with E-state index in [9.17, 15) is 0 Å². The van der Waals surface area contributed by atoms with Gasteiger partial charge in [0.05, 0.1) is 0 Å². The molecule has 1 saturated heterocycles. The smallest absolute Gasteiger partial charge is 0.0373 e. The zero-order chi connectivity index (χ0) is 5.82. The fraction of sp³-hybridized carbons (Fsp3) is 0.667. The highest BCUT2D eigenvalue weighted by Gasteiger charge is 2.05. The molecule has 8 heavy (non-hydrogen) atoms. The lowest BCUT2D eigenvalue weighted by Gasteiger charge is -2.20. The quantitative estimate of drug-likeness (QED) is 0.456. The van der Waals surface area contributed by atoms with Crippen LogP contribution in [0.15, 0.2) is 12.7 Å². The van der Waals surface area contributed by atoms with Gasteiger partial charge in [0, 0.05) is 25.7 Å². The largest absolute Gasteiger partial charge is 0.314 e. The van der Waals surface area contributed by atoms with Gasteiger partial charge in [-0.15, -0.1) is 6.58 Å². The van der Waals surface area contributed by atoms with Crippen LogP contribution in [0.25, 0.3) is 0 Å². The van der Waals surface area contributed by atoms with Gasteiger partial charge >= 0.3 is 0 Å². The number of hydrogen-bond donors (Lipinski definition) is 2. The van der Waals surface area contributed by atoms with Crippen molar-refractivity contribution in [1.82, 2.24) is 10.6 Å². The summed E-state index contributed by atoms with van der Waals surface area (Å²) < 4.78 is 0. The Bertz CT molecular complexity index is 74.6. The van der Waals surface area contributed by atoms with Crippen molar-refractivity contribution in [3.05, 3.63) is 12.7 Å². The van der Waals surface area contributed by atoms with Gasteiger partial charge in [-0.2, -0.15) is 0 Å². The van der Waals surface area contributed by atoms with E-state index < -0.39 is 0 Å². The van der Waals surface area contributed by atoms with Gasteiger partial charge < -0.3 is 10.6 Å². The molecule has 2 N–H and O–H groups in total. The zero-order valence-electron chi connectivity index (χ0n) is 4.98. The summed E-state index contributed by atoms with van der Waals surface area (Å²) in [6, 6.07) is 0.490. The predicted octanol–water partition coefficient (Wildman–Crippen LogP) is -0.266. The highest BCUT2D eigenvalue weighted by atomic mass is 15.0. The van der Waals surface area contributed by atoms with Gasteiger partial charge in [0.1, 0.15) is 0 Å². The van der Waals surface area contributed by atoms with Crippen molar-refractivity contribution in [3.8, 4) is 0 Å². The number of nitrogens with one attached hydrogen (secondary N) is 2. The molecule has 0 radical (unpaired) electrons. The van der Waals surface area contributed by atoms with Crippen molar-refractivity contribution in [2.24, 2.45) is 0 Å². The average molecular weight is 112 g/mol. The van der Waals surface area contributed by atoms with Crippen LogP contribution in [0.4, 0.5) is 0 Å². The first-order chi connectivity index (χ1) is 3.93. The first kappa shape index (κ1) is 5.79. The van der Waals surface area contributed by atoms with E-state index >= 15 is 0 Å². The van der Waals surface area contributed by atoms with E-state index in [0.29, 0.717) is 6.04 Å². The van der Waals surface area contributed by atoms with Crippen molar-refractivity contribution >= 4 is 0 Å². The van der Waals surface area contributed by atoms with Crippen LogP contribution in [0.3, 0.4) is 0 Å². The first-order valence-electron chi connectivity index (χ1n) is 3.00. The normalized spacial score (nSPS) is 29.8. The van der Waals surface area contributed by atoms with Crippen molar-refractivity contribution in [2.75, 3.05) is 19.6 Å². The predicted molar refractivity (Wildman–Crippen MR) is 34.9 cm³/mol. The minimum atomic E-state index is 0.490. The van der Waals surface area contributed by atoms with E-state index in [2.05, 4.69) is 17.2 Å². The molecule has 2 heteroatoms. The standard InChI is InChI=1S/C6H12N2/c1-2-6-5-7-3-4-8-6/h2,6-8H,1,3-5H2/t6-/m0/s1. The molecule has 1 heterocycles. The van der Waals surface area contributed by atoms with E-state index in [1.54, 1.807) is 0 Å². The fourth-order valence-corrected chi connectivity index (χ4v) is 0.842. The maximum absolute atomic E-state index is 3.68. The Hall–Kier alpha value is -0.340. The molecule has 0 saturated carbocycles. The van der Waals surface area contributed by atoms with E-state index in [4.69, 9.17) is 0 Å². The Morgan fingerprint density at radius 3 is 2.75 bits per heavy atom. The summed E-state index contributed by atoms with van der Waals surface area (Å²) in [4.78, 5) is 0. The van der Waals surface area contributed by atoms with Crippen LogP contribution in [-0.2, 0) is 0 Å². The Morgan fingerprint density at radius 1 is 1.50 bits per heavy atom. The van der Waals surface area contributed by atoms with E-state index in [1.807, 2.05) is 6.08 Å². The molecule has 1 fully saturated rings. The highest BCUT2D eigenvalue weighted by Crippen LogP contribution is 1.85. The number of hydrogen-bond acceptors (Lipinski definition) is 2. The van der Waals surface area contributed by atoms with Gasteiger partial charge in [0.2, 0.25) is 0 Å². The zero-order valence-corrected chi connectivity index (χ0v) is 4.98. The Kier molecular flexibility index (Phi) is 2.06. The lowest BCUT2D eigenvalue weighted by Crippen LogP contribution is -2.46. The fourth-order valence-electron chi connectivity index (χ4n) is 0.842. The highest BCUT2D eigenvalue weighted by molar-refractivity contribution is 4.89. The molecular weight excluding hydrogens is 100 g/mol. The lowest BCUT2D eigenvalue weighted by molar-refractivity contribution is 0.471. The first-order valence-corrected chi connectivity index (χ1v) is 3.00. The molecular formula is C6H12N2. The Labute approximate surface area is 50.0 Å². The van der Waals surface area contributed by atoms with Crippen LogP contribution in [0.1, 0.15) is 0 Å². The molecule has 2 nitrogen and oxygen atoms in total. The number of rotatable bonds is 1. The van der Waals surface area contributed by atoms with Crippen molar-refractivity contribution < 1.29 is 0 Å². The summed E-state index contributed by atoms with van der Waals surface area (Å²) in [6.45, 7) is 6.87. The summed E-state index contributed by atoms with van der Waals surface area (Å²) in [5.41, 5.74) is 0. The van der Waals surface area contributed by atoms with E-state index in [-0.39, 0.29) is 0 Å². The summed E-state index contributed by atoms with van der Waals surface area (Å²) >= 11 is 0. The van der Waals surface area contributed by atoms with Crippen LogP contribution in [0, 0.1) is 0 Å². The third kappa shape index (κ3) is 1.32. The summed E-state index contributed by atoms with van der Waals surface area (Å²) in [5.74, 6) is 0. The second-order valence-corrected chi connectivity index (χ2v) is 2.00. The van der Waals surface area contributed by atoms with E-state index in [1.165, 1.54) is 0 Å². The summed E-state index contributed by atoms with van der Waals surface area (Å²) in [5, 5.41) is 6.54. The van der Waals surface area contributed by atoms with Crippen molar-refractivity contribution in [1.29, 1.82) is 0 Å². The van der Waals surface area contributed by atoms with E-state index in [0.717, 1.165) is 19.6 Å². The van der Waals surface area contributed by atoms with Crippen molar-refractivity contribution in [3.63, 3.8) is 0 Å². The maximum atomic E-state index is 3.68. The molecule has 0 aromatic heterocycles. The van der Waals surface area contributed by atoms with Crippen LogP contribution in [0.2, 0.25) is 0 Å². The topological polar surface area (TPSA) is 24.1 Å². The van der Waals surface area contributed by atoms with Gasteiger partial charge in [0.25, 0.3) is 0 Å². The van der Waals surface area contributed by atoms with Crippen LogP contribution < -0.4 is 10.6 Å². The Morgan fingerprint density at radius 2 is 2.38 bits per heavy atom. The minimum Gasteiger partial charge on any atom is -0.314 e. The average Bonchev–Trinajstić information content (AvgIpc) is 1.90. The summed E-state index contributed by atoms with van der Waals surface area (Å²) in [7, 11) is 0. The SMILES string of the molecule is C=C[C@H]1CNCCN1. The molecule has 0 amide bonds. The van der Waals surface area contributed by atoms with Gasteiger partial charge in [-0.3, -0.25) is 0 Å². The monoisotopic (exact) mass is 112 g/mol. The van der Waals surface area contributed by atoms with Gasteiger partial charge in [0.15, 0.2) is 0 Å². The van der Waals surface area contributed by atoms with Crippen LogP contribution in [0.5, 0.6) is 0 Å². The molecule has 0 aromatic carbocycles. The molecule has 1 aliphatic rings. The maximum Gasteiger partial charge on any atom is 0.0373 e. The van der Waals surface area contributed by atoms with Crippen LogP contribution >= 0.6 is 0 Å². The van der Waals surface area contributed by atoms with Gasteiger partial charge in [-0.1, -0.05) is 6.08 Å². The lowest BCUT2D eigenvalue weighted by atomic mass is 10.2. The molecule has 0 spiro atoms. The van der Waals surface area contributed by atoms with Gasteiger partial charge in [-0.05, 0) is 0 Å². The molecule has 46 valence electrons. The molecule has 0 bridgehead atoms. The second-order valence-electron chi connectivity index (χ2n) is 2.00. The number of piperazine rings is 1. The molecule has 0 unspecified atom stereocenters. The summed E-state index contributed by atoms with van der Waals surface area (Å²) in [6.07, 6.45) is 1.94. The Balaban J connectivity index is 2.22. The van der Waals surface area contributed by atoms with Crippen molar-refractivity contribution in [2.45, 2.75) is 6.04 Å². The third-order valence-corrected chi connectivity index (χ3v) is 1.36. The minimum absolute atomic E-state index is 0.490. The molecule has 0 aromatic rings. The second kappa shape index (κ2) is 2.84. The molecule has 1 rings (SSSR count).